The molecule has 102 valence electrons. The van der Waals surface area contributed by atoms with Gasteiger partial charge in [0.25, 0.3) is 0 Å². The molecule has 0 bridgehead atoms. The zero-order chi connectivity index (χ0) is 13.7. The zero-order valence-electron chi connectivity index (χ0n) is 10.8. The molecule has 0 radical (unpaired) electrons. The van der Waals surface area contributed by atoms with E-state index in [0.717, 1.165) is 21.5 Å². The number of H-pyrrole nitrogens is 1. The van der Waals surface area contributed by atoms with Crippen molar-refractivity contribution in [2.24, 2.45) is 0 Å². The number of halogens is 1. The van der Waals surface area contributed by atoms with Gasteiger partial charge in [-0.3, -0.25) is 4.79 Å². The van der Waals surface area contributed by atoms with Gasteiger partial charge in [-0.15, -0.1) is 0 Å². The van der Waals surface area contributed by atoms with Crippen LogP contribution in [0.2, 0.25) is 5.02 Å². The van der Waals surface area contributed by atoms with E-state index in [1.54, 1.807) is 0 Å². The number of carbonyl (C=O) groups is 1. The van der Waals surface area contributed by atoms with Crippen molar-refractivity contribution in [2.45, 2.75) is 19.9 Å². The number of hydrogen-bond donors (Lipinski definition) is 2. The van der Waals surface area contributed by atoms with Crippen LogP contribution in [0.15, 0.2) is 24.4 Å². The second kappa shape index (κ2) is 6.59. The van der Waals surface area contributed by atoms with E-state index in [1.807, 2.05) is 31.3 Å². The first-order chi connectivity index (χ1) is 9.20. The van der Waals surface area contributed by atoms with Crippen molar-refractivity contribution in [3.63, 3.8) is 0 Å². The van der Waals surface area contributed by atoms with Gasteiger partial charge < -0.3 is 15.0 Å². The first-order valence-electron chi connectivity index (χ1n) is 6.32. The quantitative estimate of drug-likeness (QED) is 0.632. The molecule has 1 aromatic carbocycles. The summed E-state index contributed by atoms with van der Waals surface area (Å²) < 4.78 is 4.86. The van der Waals surface area contributed by atoms with Gasteiger partial charge in [-0.2, -0.15) is 0 Å². The molecule has 0 aliphatic heterocycles. The highest BCUT2D eigenvalue weighted by Gasteiger charge is 2.05. The number of esters is 1. The van der Waals surface area contributed by atoms with Gasteiger partial charge in [-0.05, 0) is 24.6 Å². The van der Waals surface area contributed by atoms with E-state index in [-0.39, 0.29) is 5.97 Å². The normalized spacial score (nSPS) is 10.8. The maximum absolute atomic E-state index is 11.2. The van der Waals surface area contributed by atoms with Gasteiger partial charge in [-0.1, -0.05) is 17.7 Å². The second-order valence-electron chi connectivity index (χ2n) is 4.24. The molecule has 0 saturated carbocycles. The summed E-state index contributed by atoms with van der Waals surface area (Å²) >= 11 is 5.93. The number of carbonyl (C=O) groups excluding carboxylic acids is 1. The Hall–Kier alpha value is -1.52. The Balaban J connectivity index is 1.86. The molecule has 19 heavy (non-hydrogen) atoms. The highest BCUT2D eigenvalue weighted by Crippen LogP contribution is 2.21. The van der Waals surface area contributed by atoms with E-state index < -0.39 is 0 Å². The molecule has 4 nitrogen and oxygen atoms in total. The minimum Gasteiger partial charge on any atom is -0.466 e. The SMILES string of the molecule is CCOC(=O)CCNCc1c[nH]c2cc(Cl)ccc12. The van der Waals surface area contributed by atoms with Gasteiger partial charge >= 0.3 is 5.97 Å². The summed E-state index contributed by atoms with van der Waals surface area (Å²) in [7, 11) is 0. The average molecular weight is 281 g/mol. The minimum atomic E-state index is -0.166. The van der Waals surface area contributed by atoms with Crippen LogP contribution in [0.1, 0.15) is 18.9 Å². The van der Waals surface area contributed by atoms with Crippen LogP contribution in [-0.2, 0) is 16.1 Å². The number of nitrogens with one attached hydrogen (secondary N) is 2. The Morgan fingerprint density at radius 2 is 2.32 bits per heavy atom. The summed E-state index contributed by atoms with van der Waals surface area (Å²) in [5.74, 6) is -0.166. The summed E-state index contributed by atoms with van der Waals surface area (Å²) in [6, 6.07) is 5.77. The van der Waals surface area contributed by atoms with Crippen molar-refractivity contribution in [3.8, 4) is 0 Å². The van der Waals surface area contributed by atoms with Crippen LogP contribution >= 0.6 is 11.6 Å². The largest absolute Gasteiger partial charge is 0.466 e. The fraction of sp³-hybridized carbons (Fsp3) is 0.357. The van der Waals surface area contributed by atoms with Crippen molar-refractivity contribution < 1.29 is 9.53 Å². The molecule has 1 aromatic heterocycles. The number of fused-ring (bicyclic) bond motifs is 1. The molecule has 5 heteroatoms. The Morgan fingerprint density at radius 1 is 1.47 bits per heavy atom. The number of hydrogen-bond acceptors (Lipinski definition) is 3. The molecule has 0 amide bonds. The Bertz CT molecular complexity index is 566. The average Bonchev–Trinajstić information content (AvgIpc) is 2.77. The van der Waals surface area contributed by atoms with E-state index in [9.17, 15) is 4.79 Å². The van der Waals surface area contributed by atoms with Crippen molar-refractivity contribution in [3.05, 3.63) is 35.0 Å². The van der Waals surface area contributed by atoms with Crippen LogP contribution in [0.25, 0.3) is 10.9 Å². The molecule has 2 N–H and O–H groups in total. The van der Waals surface area contributed by atoms with E-state index in [4.69, 9.17) is 16.3 Å². The van der Waals surface area contributed by atoms with Gasteiger partial charge in [0.05, 0.1) is 13.0 Å². The number of ether oxygens (including phenoxy) is 1. The Kier molecular flexibility index (Phi) is 4.82. The standard InChI is InChI=1S/C14H17ClN2O2/c1-2-19-14(18)5-6-16-8-10-9-17-13-7-11(15)3-4-12(10)13/h3-4,7,9,16-17H,2,5-6,8H2,1H3. The fourth-order valence-corrected chi connectivity index (χ4v) is 2.12. The third-order valence-electron chi connectivity index (χ3n) is 2.86. The van der Waals surface area contributed by atoms with E-state index in [2.05, 4.69) is 10.3 Å². The van der Waals surface area contributed by atoms with Crippen molar-refractivity contribution in [2.75, 3.05) is 13.2 Å². The molecule has 2 aromatic rings. The van der Waals surface area contributed by atoms with Crippen LogP contribution < -0.4 is 5.32 Å². The molecule has 0 aliphatic carbocycles. The topological polar surface area (TPSA) is 54.1 Å². The van der Waals surface area contributed by atoms with Crippen molar-refractivity contribution >= 4 is 28.5 Å². The number of aromatic amines is 1. The van der Waals surface area contributed by atoms with Gasteiger partial charge in [0.2, 0.25) is 0 Å². The van der Waals surface area contributed by atoms with E-state index >= 15 is 0 Å². The fourth-order valence-electron chi connectivity index (χ4n) is 1.95. The van der Waals surface area contributed by atoms with Crippen LogP contribution in [-0.4, -0.2) is 24.1 Å². The molecule has 1 heterocycles. The summed E-state index contributed by atoms with van der Waals surface area (Å²) in [4.78, 5) is 14.4. The van der Waals surface area contributed by atoms with Gasteiger partial charge in [-0.25, -0.2) is 0 Å². The zero-order valence-corrected chi connectivity index (χ0v) is 11.6. The van der Waals surface area contributed by atoms with E-state index in [1.165, 1.54) is 0 Å². The number of aromatic nitrogens is 1. The van der Waals surface area contributed by atoms with Crippen LogP contribution in [0.4, 0.5) is 0 Å². The summed E-state index contributed by atoms with van der Waals surface area (Å²) in [6.07, 6.45) is 2.35. The minimum absolute atomic E-state index is 0.166. The molecule has 0 unspecified atom stereocenters. The summed E-state index contributed by atoms with van der Waals surface area (Å²) in [6.45, 7) is 3.56. The summed E-state index contributed by atoms with van der Waals surface area (Å²) in [5.41, 5.74) is 2.19. The van der Waals surface area contributed by atoms with Gasteiger partial charge in [0, 0.05) is 35.2 Å². The predicted octanol–water partition coefficient (Wildman–Crippen LogP) is 2.86. The Morgan fingerprint density at radius 3 is 3.11 bits per heavy atom. The lowest BCUT2D eigenvalue weighted by molar-refractivity contribution is -0.142. The molecule has 0 atom stereocenters. The lowest BCUT2D eigenvalue weighted by atomic mass is 10.2. The lowest BCUT2D eigenvalue weighted by Gasteiger charge is -2.04. The number of benzene rings is 1. The maximum atomic E-state index is 11.2. The number of rotatable bonds is 6. The van der Waals surface area contributed by atoms with Gasteiger partial charge in [0.15, 0.2) is 0 Å². The molecular formula is C14H17ClN2O2. The highest BCUT2D eigenvalue weighted by atomic mass is 35.5. The molecular weight excluding hydrogens is 264 g/mol. The second-order valence-corrected chi connectivity index (χ2v) is 4.67. The molecule has 0 fully saturated rings. The van der Waals surface area contributed by atoms with Crippen LogP contribution in [0, 0.1) is 0 Å². The van der Waals surface area contributed by atoms with Crippen molar-refractivity contribution in [1.29, 1.82) is 0 Å². The first kappa shape index (κ1) is 13.9. The third kappa shape index (κ3) is 3.72. The van der Waals surface area contributed by atoms with Crippen LogP contribution in [0.3, 0.4) is 0 Å². The van der Waals surface area contributed by atoms with E-state index in [0.29, 0.717) is 26.1 Å². The first-order valence-corrected chi connectivity index (χ1v) is 6.70. The predicted molar refractivity (Wildman–Crippen MR) is 76.3 cm³/mol. The molecule has 0 spiro atoms. The Labute approximate surface area is 117 Å². The third-order valence-corrected chi connectivity index (χ3v) is 3.09. The maximum Gasteiger partial charge on any atom is 0.307 e. The van der Waals surface area contributed by atoms with Gasteiger partial charge in [0.1, 0.15) is 0 Å². The molecule has 0 aliphatic rings. The van der Waals surface area contributed by atoms with Crippen LogP contribution in [0.5, 0.6) is 0 Å². The summed E-state index contributed by atoms with van der Waals surface area (Å²) in [5, 5.41) is 5.10. The highest BCUT2D eigenvalue weighted by molar-refractivity contribution is 6.31. The molecule has 2 rings (SSSR count). The lowest BCUT2D eigenvalue weighted by Crippen LogP contribution is -2.18. The van der Waals surface area contributed by atoms with Crippen molar-refractivity contribution in [1.82, 2.24) is 10.3 Å². The smallest absolute Gasteiger partial charge is 0.307 e. The monoisotopic (exact) mass is 280 g/mol. The molecule has 0 saturated heterocycles.